The number of nitrogen functional groups attached to an aromatic ring is 1. The molecular weight excluding hydrogens is 456 g/mol. The topological polar surface area (TPSA) is 154 Å². The molecule has 1 fully saturated rings. The number of piperidine rings is 1. The van der Waals surface area contributed by atoms with Crippen LogP contribution in [0.5, 0.6) is 5.75 Å². The van der Waals surface area contributed by atoms with Crippen molar-refractivity contribution in [2.75, 3.05) is 36.6 Å². The van der Waals surface area contributed by atoms with Gasteiger partial charge in [-0.2, -0.15) is 0 Å². The first-order chi connectivity index (χ1) is 17.5. The number of aromatic nitrogens is 3. The van der Waals surface area contributed by atoms with Crippen molar-refractivity contribution in [3.8, 4) is 5.75 Å². The normalized spacial score (nSPS) is 13.9. The summed E-state index contributed by atoms with van der Waals surface area (Å²) in [5.41, 5.74) is 9.35. The second-order valence-corrected chi connectivity index (χ2v) is 8.68. The summed E-state index contributed by atoms with van der Waals surface area (Å²) in [6.07, 6.45) is 5.15. The van der Waals surface area contributed by atoms with Gasteiger partial charge < -0.3 is 31.4 Å². The summed E-state index contributed by atoms with van der Waals surface area (Å²) in [5.74, 6) is 0.934. The van der Waals surface area contributed by atoms with E-state index in [2.05, 4.69) is 30.9 Å². The second-order valence-electron chi connectivity index (χ2n) is 8.68. The van der Waals surface area contributed by atoms with Crippen LogP contribution >= 0.6 is 0 Å². The summed E-state index contributed by atoms with van der Waals surface area (Å²) < 4.78 is 5.55. The fraction of sp³-hybridized carbons (Fsp3) is 0.231. The highest BCUT2D eigenvalue weighted by molar-refractivity contribution is 6.16. The summed E-state index contributed by atoms with van der Waals surface area (Å²) >= 11 is 0. The van der Waals surface area contributed by atoms with Gasteiger partial charge in [-0.25, -0.2) is 9.97 Å². The van der Waals surface area contributed by atoms with E-state index in [-0.39, 0.29) is 23.5 Å². The zero-order valence-electron chi connectivity index (χ0n) is 19.9. The van der Waals surface area contributed by atoms with E-state index in [0.717, 1.165) is 36.8 Å². The molecule has 36 heavy (non-hydrogen) atoms. The van der Waals surface area contributed by atoms with Crippen LogP contribution in [0.15, 0.2) is 55.0 Å². The fourth-order valence-electron chi connectivity index (χ4n) is 4.40. The Morgan fingerprint density at radius 1 is 1.11 bits per heavy atom. The number of benzene rings is 2. The quantitative estimate of drug-likeness (QED) is 0.220. The maximum atomic E-state index is 12.9. The van der Waals surface area contributed by atoms with Crippen LogP contribution in [0, 0.1) is 5.41 Å². The van der Waals surface area contributed by atoms with Gasteiger partial charge in [0.2, 0.25) is 0 Å². The number of methoxy groups -OCH3 is 1. The number of rotatable bonds is 7. The van der Waals surface area contributed by atoms with Gasteiger partial charge in [0.05, 0.1) is 24.1 Å². The average Bonchev–Trinajstić information content (AvgIpc) is 3.37. The molecule has 0 spiro atoms. The van der Waals surface area contributed by atoms with Gasteiger partial charge in [0, 0.05) is 34.3 Å². The summed E-state index contributed by atoms with van der Waals surface area (Å²) in [4.78, 5) is 24.5. The van der Waals surface area contributed by atoms with Crippen LogP contribution in [0.25, 0.3) is 10.9 Å². The lowest BCUT2D eigenvalue weighted by Gasteiger charge is -2.25. The third kappa shape index (κ3) is 4.71. The SMILES string of the molecule is COc1cc(C(=N)c2c(N)ncnc2NC2CCNCC2)ccc1NC(=O)c1ccc2[nH]ccc2c1. The molecule has 0 aliphatic carbocycles. The first kappa shape index (κ1) is 23.3. The number of fused-ring (bicyclic) bond motifs is 1. The van der Waals surface area contributed by atoms with Crippen LogP contribution in [0.3, 0.4) is 0 Å². The van der Waals surface area contributed by atoms with Crippen LogP contribution in [-0.4, -0.2) is 52.8 Å². The molecule has 0 unspecified atom stereocenters. The van der Waals surface area contributed by atoms with E-state index < -0.39 is 0 Å². The van der Waals surface area contributed by atoms with E-state index in [1.165, 1.54) is 13.4 Å². The number of carbonyl (C=O) groups excluding carboxylic acids is 1. The molecule has 10 nitrogen and oxygen atoms in total. The minimum Gasteiger partial charge on any atom is -0.495 e. The Hall–Kier alpha value is -4.44. The van der Waals surface area contributed by atoms with Crippen LogP contribution in [0.1, 0.15) is 34.3 Å². The molecule has 184 valence electrons. The number of hydrogen-bond acceptors (Lipinski definition) is 8. The van der Waals surface area contributed by atoms with Crippen molar-refractivity contribution in [3.63, 3.8) is 0 Å². The summed E-state index contributed by atoms with van der Waals surface area (Å²) in [7, 11) is 1.52. The summed E-state index contributed by atoms with van der Waals surface area (Å²) in [6, 6.07) is 12.8. The maximum Gasteiger partial charge on any atom is 0.255 e. The molecule has 4 aromatic rings. The molecule has 5 rings (SSSR count). The molecule has 7 N–H and O–H groups in total. The van der Waals surface area contributed by atoms with Crippen LogP contribution in [-0.2, 0) is 0 Å². The van der Waals surface area contributed by atoms with Gasteiger partial charge in [0.15, 0.2) is 0 Å². The molecule has 0 atom stereocenters. The number of nitrogens with two attached hydrogens (primary N) is 1. The summed E-state index contributed by atoms with van der Waals surface area (Å²) in [5, 5.41) is 19.5. The zero-order chi connectivity index (χ0) is 25.1. The van der Waals surface area contributed by atoms with E-state index in [1.807, 2.05) is 24.4 Å². The Bertz CT molecular complexity index is 1420. The largest absolute Gasteiger partial charge is 0.495 e. The highest BCUT2D eigenvalue weighted by atomic mass is 16.5. The van der Waals surface area contributed by atoms with Crippen molar-refractivity contribution in [2.24, 2.45) is 0 Å². The molecule has 0 radical (unpaired) electrons. The number of H-pyrrole nitrogens is 1. The van der Waals surface area contributed by atoms with Gasteiger partial charge in [0.1, 0.15) is 23.7 Å². The Kier molecular flexibility index (Phi) is 6.50. The molecule has 1 aliphatic heterocycles. The first-order valence-corrected chi connectivity index (χ1v) is 11.8. The summed E-state index contributed by atoms with van der Waals surface area (Å²) in [6.45, 7) is 1.85. The Morgan fingerprint density at radius 3 is 2.72 bits per heavy atom. The number of ether oxygens (including phenoxy) is 1. The highest BCUT2D eigenvalue weighted by Gasteiger charge is 2.21. The van der Waals surface area contributed by atoms with Crippen molar-refractivity contribution in [3.05, 3.63) is 71.7 Å². The number of anilines is 3. The lowest BCUT2D eigenvalue weighted by molar-refractivity contribution is 0.102. The molecule has 1 aliphatic rings. The van der Waals surface area contributed by atoms with Crippen LogP contribution in [0.2, 0.25) is 0 Å². The van der Waals surface area contributed by atoms with Crippen LogP contribution < -0.4 is 26.4 Å². The zero-order valence-corrected chi connectivity index (χ0v) is 19.9. The minimum absolute atomic E-state index is 0.165. The van der Waals surface area contributed by atoms with Crippen molar-refractivity contribution in [2.45, 2.75) is 18.9 Å². The predicted octanol–water partition coefficient (Wildman–Crippen LogP) is 3.38. The molecule has 0 bridgehead atoms. The van der Waals surface area contributed by atoms with Crippen LogP contribution in [0.4, 0.5) is 17.3 Å². The lowest BCUT2D eigenvalue weighted by Crippen LogP contribution is -2.36. The Labute approximate surface area is 208 Å². The third-order valence-electron chi connectivity index (χ3n) is 6.36. The van der Waals surface area contributed by atoms with E-state index in [1.54, 1.807) is 24.3 Å². The Morgan fingerprint density at radius 2 is 1.92 bits per heavy atom. The average molecular weight is 485 g/mol. The Balaban J connectivity index is 1.39. The van der Waals surface area contributed by atoms with Crippen molar-refractivity contribution < 1.29 is 9.53 Å². The number of nitrogens with zero attached hydrogens (tertiary/aromatic N) is 2. The monoisotopic (exact) mass is 484 g/mol. The number of amides is 1. The highest BCUT2D eigenvalue weighted by Crippen LogP contribution is 2.30. The second kappa shape index (κ2) is 10.0. The molecule has 0 saturated carbocycles. The van der Waals surface area contributed by atoms with E-state index in [9.17, 15) is 4.79 Å². The number of aromatic amines is 1. The molecule has 10 heteroatoms. The third-order valence-corrected chi connectivity index (χ3v) is 6.36. The van der Waals surface area contributed by atoms with Gasteiger partial charge in [-0.05, 0) is 62.3 Å². The number of hydrogen-bond donors (Lipinski definition) is 6. The molecule has 2 aromatic heterocycles. The first-order valence-electron chi connectivity index (χ1n) is 11.8. The molecular formula is C26H28N8O2. The van der Waals surface area contributed by atoms with Gasteiger partial charge in [0.25, 0.3) is 5.91 Å². The number of nitrogens with one attached hydrogen (secondary N) is 5. The van der Waals surface area contributed by atoms with Crippen molar-refractivity contribution in [1.29, 1.82) is 5.41 Å². The number of carbonyl (C=O) groups is 1. The molecule has 1 amide bonds. The van der Waals surface area contributed by atoms with E-state index >= 15 is 0 Å². The molecule has 3 heterocycles. The van der Waals surface area contributed by atoms with Gasteiger partial charge in [-0.1, -0.05) is 6.07 Å². The smallest absolute Gasteiger partial charge is 0.255 e. The maximum absolute atomic E-state index is 12.9. The van der Waals surface area contributed by atoms with Gasteiger partial charge in [-0.15, -0.1) is 0 Å². The standard InChI is InChI=1S/C26H28N8O2/c1-36-21-13-16(2-5-20(21)34-26(35)17-3-4-19-15(12-17)6-11-30-19)23(27)22-24(28)31-14-32-25(22)33-18-7-9-29-10-8-18/h2-6,11-14,18,27,29-30H,7-10H2,1H3,(H,34,35)(H3,28,31,32,33). The fourth-order valence-corrected chi connectivity index (χ4v) is 4.40. The van der Waals surface area contributed by atoms with Crippen molar-refractivity contribution >= 4 is 39.8 Å². The molecule has 2 aromatic carbocycles. The molecule has 1 saturated heterocycles. The van der Waals surface area contributed by atoms with E-state index in [4.69, 9.17) is 15.9 Å². The lowest BCUT2D eigenvalue weighted by atomic mass is 10.0. The van der Waals surface area contributed by atoms with E-state index in [0.29, 0.717) is 33.9 Å². The van der Waals surface area contributed by atoms with Gasteiger partial charge >= 0.3 is 0 Å². The minimum atomic E-state index is -0.256. The van der Waals surface area contributed by atoms with Crippen molar-refractivity contribution in [1.82, 2.24) is 20.3 Å². The van der Waals surface area contributed by atoms with Gasteiger partial charge in [-0.3, -0.25) is 10.2 Å². The predicted molar refractivity (Wildman–Crippen MR) is 141 cm³/mol.